The summed E-state index contributed by atoms with van der Waals surface area (Å²) in [6.07, 6.45) is 5.15. The van der Waals surface area contributed by atoms with E-state index in [2.05, 4.69) is 35.0 Å². The predicted molar refractivity (Wildman–Crippen MR) is 270 cm³/mol. The molecule has 388 valence electrons. The number of hydrogen-bond acceptors (Lipinski definition) is 11. The highest BCUT2D eigenvalue weighted by Gasteiger charge is 2.73. The van der Waals surface area contributed by atoms with E-state index in [4.69, 9.17) is 24.6 Å². The van der Waals surface area contributed by atoms with E-state index in [9.17, 15) is 45.4 Å². The van der Waals surface area contributed by atoms with Crippen LogP contribution in [-0.2, 0) is 20.7 Å². The molecule has 0 bridgehead atoms. The van der Waals surface area contributed by atoms with E-state index in [1.54, 1.807) is 13.8 Å². The van der Waals surface area contributed by atoms with Crippen molar-refractivity contribution in [3.8, 4) is 0 Å². The van der Waals surface area contributed by atoms with Gasteiger partial charge in [0.15, 0.2) is 10.3 Å². The van der Waals surface area contributed by atoms with Crippen molar-refractivity contribution in [3.63, 3.8) is 0 Å². The number of nitrogens with two attached hydrogens (primary N) is 2. The molecule has 0 spiro atoms. The van der Waals surface area contributed by atoms with E-state index < -0.39 is 92.4 Å². The van der Waals surface area contributed by atoms with Gasteiger partial charge in [-0.1, -0.05) is 47.8 Å². The summed E-state index contributed by atoms with van der Waals surface area (Å²) in [5, 5.41) is 12.4. The number of carboxylic acids is 1. The molecular formula is C50H45ClF8N10O3S2. The third-order valence-corrected chi connectivity index (χ3v) is 16.2. The molecule has 4 aliphatic heterocycles. The molecule has 24 heteroatoms. The lowest BCUT2D eigenvalue weighted by atomic mass is 9.84. The summed E-state index contributed by atoms with van der Waals surface area (Å²) in [4.78, 5) is 49.4. The van der Waals surface area contributed by atoms with Crippen LogP contribution in [-0.4, -0.2) is 89.7 Å². The van der Waals surface area contributed by atoms with Gasteiger partial charge in [-0.05, 0) is 86.4 Å². The van der Waals surface area contributed by atoms with Crippen LogP contribution in [0.3, 0.4) is 0 Å². The fourth-order valence-electron chi connectivity index (χ4n) is 9.58. The minimum absolute atomic E-state index is 0. The lowest BCUT2D eigenvalue weighted by Crippen LogP contribution is -2.46. The predicted octanol–water partition coefficient (Wildman–Crippen LogP) is 10.5. The van der Waals surface area contributed by atoms with Crippen molar-refractivity contribution in [2.24, 2.45) is 33.3 Å². The van der Waals surface area contributed by atoms with Gasteiger partial charge < -0.3 is 26.8 Å². The molecule has 74 heavy (non-hydrogen) atoms. The van der Waals surface area contributed by atoms with Gasteiger partial charge in [0.05, 0.1) is 48.7 Å². The summed E-state index contributed by atoms with van der Waals surface area (Å²) in [6.45, 7) is 16.8. The Kier molecular flexibility index (Phi) is 15.4. The number of hydrogen-bond donors (Lipinski definition) is 4. The zero-order valence-electron chi connectivity index (χ0n) is 39.2. The van der Waals surface area contributed by atoms with Crippen molar-refractivity contribution in [2.75, 3.05) is 26.2 Å². The summed E-state index contributed by atoms with van der Waals surface area (Å²) < 4.78 is 108. The maximum Gasteiger partial charge on any atom is 0.320 e. The summed E-state index contributed by atoms with van der Waals surface area (Å²) in [6, 6.07) is 13.8. The number of likely N-dealkylation sites (tertiary alicyclic amines) is 1. The first-order valence-electron chi connectivity index (χ1n) is 22.5. The summed E-state index contributed by atoms with van der Waals surface area (Å²) >= 11 is 2.04. The van der Waals surface area contributed by atoms with Crippen LogP contribution < -0.4 is 16.8 Å². The van der Waals surface area contributed by atoms with Crippen molar-refractivity contribution in [1.82, 2.24) is 20.2 Å². The molecule has 2 saturated carbocycles. The van der Waals surface area contributed by atoms with E-state index in [-0.39, 0.29) is 70.5 Å². The molecule has 0 radical (unpaired) electrons. The number of fused-ring (bicyclic) bond motifs is 2. The number of carbonyl (C=O) groups is 2. The van der Waals surface area contributed by atoms with Gasteiger partial charge in [0.1, 0.15) is 32.8 Å². The minimum atomic E-state index is -2.93. The van der Waals surface area contributed by atoms with Gasteiger partial charge in [-0.25, -0.2) is 44.8 Å². The highest BCUT2D eigenvalue weighted by Crippen LogP contribution is 2.67. The lowest BCUT2D eigenvalue weighted by molar-refractivity contribution is -0.137. The monoisotopic (exact) mass is 1080 g/mol. The third-order valence-electron chi connectivity index (χ3n) is 13.6. The van der Waals surface area contributed by atoms with Crippen molar-refractivity contribution >= 4 is 93.3 Å². The van der Waals surface area contributed by atoms with Crippen molar-refractivity contribution in [2.45, 2.75) is 71.9 Å². The number of nitrogens with zero attached hydrogens (tertiary/aromatic N) is 7. The van der Waals surface area contributed by atoms with Crippen LogP contribution in [0, 0.1) is 36.6 Å². The number of amidine groups is 2. The first kappa shape index (κ1) is 55.2. The molecule has 2 saturated heterocycles. The van der Waals surface area contributed by atoms with Crippen LogP contribution in [0.15, 0.2) is 83.0 Å². The first-order chi connectivity index (χ1) is 34.4. The standard InChI is InChI=1S/C25H21F4N5OS.C21H16F2N4O2S.C4H7F2N.ClH/c1-23(20-11-25(20,36-22(30)33-23)21(35)34-8-7-24(28,29)13-34)16-9-14(3-5-17(16)26)10-18(27)19-6-4-15(31-2)12-32-19;1-20(17-9-21(17,18(28)29)30-19(24)27-20)13-7-11(3-5-14(13)22)8-15(23)16-6-4-12(25-2)10-26-16;5-4(6)1-2-7-3-4;/h3-6,9-10,12,20H,7-8,11,13H2,1H3,(H2,30,33);3-8,10,17H,9H2,1H3,(H2,24,27)(H,28,29);7H,1-3H2;1H/b18-10-;15-8-;;/t20-,23+,25-;17-,20+,21-;;/m00../s1. The van der Waals surface area contributed by atoms with Crippen molar-refractivity contribution in [1.29, 1.82) is 0 Å². The minimum Gasteiger partial charge on any atom is -0.480 e. The van der Waals surface area contributed by atoms with E-state index in [0.29, 0.717) is 36.2 Å². The Morgan fingerprint density at radius 2 is 1.23 bits per heavy atom. The van der Waals surface area contributed by atoms with Crippen LogP contribution in [0.25, 0.3) is 33.5 Å². The Morgan fingerprint density at radius 3 is 1.61 bits per heavy atom. The first-order valence-corrected chi connectivity index (χ1v) is 24.1. The van der Waals surface area contributed by atoms with E-state index in [0.717, 1.165) is 28.4 Å². The Balaban J connectivity index is 0.000000191. The fourth-order valence-corrected chi connectivity index (χ4v) is 12.3. The number of rotatable bonds is 8. The second kappa shape index (κ2) is 20.6. The van der Waals surface area contributed by atoms with Gasteiger partial charge in [-0.15, -0.1) is 12.4 Å². The molecule has 6 atom stereocenters. The number of alkyl halides is 4. The molecule has 4 aromatic rings. The second-order valence-corrected chi connectivity index (χ2v) is 21.3. The van der Waals surface area contributed by atoms with Crippen LogP contribution in [0.4, 0.5) is 46.5 Å². The number of halogens is 9. The highest BCUT2D eigenvalue weighted by atomic mass is 35.5. The van der Waals surface area contributed by atoms with Gasteiger partial charge in [0.25, 0.3) is 11.8 Å². The zero-order valence-corrected chi connectivity index (χ0v) is 41.6. The normalized spacial score (nSPS) is 27.9. The van der Waals surface area contributed by atoms with Gasteiger partial charge in [-0.3, -0.25) is 29.5 Å². The largest absolute Gasteiger partial charge is 0.480 e. The molecule has 2 aliphatic carbocycles. The fraction of sp³-hybridized carbons (Fsp3) is 0.360. The highest BCUT2D eigenvalue weighted by molar-refractivity contribution is 8.16. The summed E-state index contributed by atoms with van der Waals surface area (Å²) in [7, 11) is 0. The number of benzene rings is 2. The zero-order chi connectivity index (χ0) is 52.9. The lowest BCUT2D eigenvalue weighted by Gasteiger charge is -2.35. The number of pyridine rings is 2. The number of carboxylic acid groups (broad SMARTS) is 1. The SMILES string of the molecule is Cl.FC1(F)CCNC1.[C-]#[N+]c1ccc(/C(F)=C/c2ccc(F)c([C@@]3(C)N=C(N)S[C@@]4(C(=O)N5CCC(F)(F)C5)C[C@H]43)c2)nc1.[C-]#[N+]c1ccc(/C(F)=C/c2ccc(F)c([C@@]3(C)N=C(N)S[C@@]4(C(=O)O)C[C@H]43)c2)nc1. The van der Waals surface area contributed by atoms with Crippen LogP contribution in [0.5, 0.6) is 0 Å². The molecule has 0 unspecified atom stereocenters. The Morgan fingerprint density at radius 1 is 0.757 bits per heavy atom. The van der Waals surface area contributed by atoms with Gasteiger partial charge in [0, 0.05) is 61.3 Å². The Bertz CT molecular complexity index is 3090. The molecule has 2 aromatic heterocycles. The number of amides is 1. The van der Waals surface area contributed by atoms with Crippen LogP contribution >= 0.6 is 35.9 Å². The summed E-state index contributed by atoms with van der Waals surface area (Å²) in [5.41, 5.74) is 11.2. The maximum atomic E-state index is 15.1. The summed E-state index contributed by atoms with van der Waals surface area (Å²) in [5.74, 6) is -10.2. The number of nitrogens with one attached hydrogen (secondary N) is 1. The Hall–Kier alpha value is -6.53. The molecule has 4 fully saturated rings. The number of aliphatic imine (C=N–C) groups is 2. The smallest absolute Gasteiger partial charge is 0.320 e. The number of carbonyl (C=O) groups excluding carboxylic acids is 1. The van der Waals surface area contributed by atoms with Gasteiger partial charge in [0.2, 0.25) is 17.3 Å². The third kappa shape index (κ3) is 11.0. The number of aromatic nitrogens is 2. The number of aliphatic carboxylic acids is 1. The van der Waals surface area contributed by atoms with Crippen LogP contribution in [0.1, 0.15) is 73.2 Å². The molecule has 6 N–H and O–H groups in total. The average Bonchev–Trinajstić information content (AvgIpc) is 4.21. The molecule has 6 heterocycles. The van der Waals surface area contributed by atoms with E-state index >= 15 is 4.39 Å². The van der Waals surface area contributed by atoms with Crippen molar-refractivity contribution < 1.29 is 49.8 Å². The van der Waals surface area contributed by atoms with E-state index in [1.807, 2.05) is 0 Å². The average molecular weight is 1090 g/mol. The molecule has 13 nitrogen and oxygen atoms in total. The molecular weight excluding hydrogens is 1040 g/mol. The maximum absolute atomic E-state index is 15.1. The quantitative estimate of drug-likeness (QED) is 0.0979. The Labute approximate surface area is 434 Å². The number of thioether (sulfide) groups is 2. The molecule has 10 rings (SSSR count). The molecule has 1 amide bonds. The second-order valence-electron chi connectivity index (χ2n) is 18.6. The molecule has 2 aromatic carbocycles. The van der Waals surface area contributed by atoms with E-state index in [1.165, 1.54) is 85.2 Å². The molecule has 6 aliphatic rings. The van der Waals surface area contributed by atoms with Gasteiger partial charge >= 0.3 is 5.97 Å². The van der Waals surface area contributed by atoms with Crippen LogP contribution in [0.2, 0.25) is 0 Å². The topological polar surface area (TPSA) is 181 Å². The van der Waals surface area contributed by atoms with Gasteiger partial charge in [-0.2, -0.15) is 0 Å². The van der Waals surface area contributed by atoms with Crippen molar-refractivity contribution in [3.05, 3.63) is 141 Å².